The first-order valence-corrected chi connectivity index (χ1v) is 7.97. The van der Waals surface area contributed by atoms with E-state index in [0.29, 0.717) is 0 Å². The maximum Gasteiger partial charge on any atom is 0.0439 e. The van der Waals surface area contributed by atoms with Crippen LogP contribution in [0.2, 0.25) is 25.7 Å². The molecule has 10 heavy (non-hydrogen) atoms. The van der Waals surface area contributed by atoms with Gasteiger partial charge in [-0.25, -0.2) is 0 Å². The van der Waals surface area contributed by atoms with E-state index in [9.17, 15) is 0 Å². The molecule has 0 saturated heterocycles. The molecular weight excluding hydrogens is 166 g/mol. The first-order chi connectivity index (χ1) is 4.29. The Bertz CT molecular complexity index is 98.3. The molecule has 2 N–H and O–H groups in total. The summed E-state index contributed by atoms with van der Waals surface area (Å²) < 4.78 is 17.6. The van der Waals surface area contributed by atoms with E-state index in [1.165, 1.54) is 6.04 Å². The SMILES string of the molecule is CC[Si](C)(C)C.NS(=O)[O-]. The van der Waals surface area contributed by atoms with Crippen LogP contribution in [-0.2, 0) is 11.3 Å². The monoisotopic (exact) mass is 182 g/mol. The lowest BCUT2D eigenvalue weighted by molar-refractivity contribution is 0.539. The summed E-state index contributed by atoms with van der Waals surface area (Å²) in [6.45, 7) is 9.42. The van der Waals surface area contributed by atoms with E-state index < -0.39 is 19.3 Å². The Morgan fingerprint density at radius 3 is 1.60 bits per heavy atom. The fourth-order valence-electron chi connectivity index (χ4n) is 0. The van der Waals surface area contributed by atoms with Crippen LogP contribution in [0.15, 0.2) is 0 Å². The van der Waals surface area contributed by atoms with Crippen molar-refractivity contribution in [3.05, 3.63) is 0 Å². The molecule has 0 aliphatic heterocycles. The van der Waals surface area contributed by atoms with E-state index in [2.05, 4.69) is 31.7 Å². The van der Waals surface area contributed by atoms with Gasteiger partial charge in [-0.1, -0.05) is 32.6 Å². The minimum Gasteiger partial charge on any atom is -0.760 e. The topological polar surface area (TPSA) is 66.2 Å². The summed E-state index contributed by atoms with van der Waals surface area (Å²) in [5.41, 5.74) is 0. The fourth-order valence-corrected chi connectivity index (χ4v) is 0. The van der Waals surface area contributed by atoms with Gasteiger partial charge in [-0.3, -0.25) is 9.35 Å². The van der Waals surface area contributed by atoms with Gasteiger partial charge in [0.05, 0.1) is 0 Å². The van der Waals surface area contributed by atoms with Crippen LogP contribution in [0, 0.1) is 0 Å². The highest BCUT2D eigenvalue weighted by atomic mass is 32.2. The van der Waals surface area contributed by atoms with Crippen LogP contribution in [0.4, 0.5) is 0 Å². The minimum atomic E-state index is -2.36. The zero-order valence-electron chi connectivity index (χ0n) is 7.01. The predicted octanol–water partition coefficient (Wildman–Crippen LogP) is 1.08. The average molecular weight is 182 g/mol. The van der Waals surface area contributed by atoms with Gasteiger partial charge in [0, 0.05) is 19.3 Å². The second-order valence-electron chi connectivity index (χ2n) is 3.17. The molecule has 1 atom stereocenters. The molecule has 0 saturated carbocycles. The van der Waals surface area contributed by atoms with Crippen molar-refractivity contribution in [2.45, 2.75) is 32.6 Å². The van der Waals surface area contributed by atoms with Gasteiger partial charge in [-0.05, 0) is 0 Å². The van der Waals surface area contributed by atoms with Crippen molar-refractivity contribution in [3.63, 3.8) is 0 Å². The molecule has 0 aromatic rings. The van der Waals surface area contributed by atoms with Crippen LogP contribution in [0.3, 0.4) is 0 Å². The van der Waals surface area contributed by atoms with Gasteiger partial charge in [0.15, 0.2) is 0 Å². The van der Waals surface area contributed by atoms with Crippen LogP contribution in [0.1, 0.15) is 6.92 Å². The fraction of sp³-hybridized carbons (Fsp3) is 1.00. The van der Waals surface area contributed by atoms with Gasteiger partial charge in [-0.2, -0.15) is 0 Å². The third kappa shape index (κ3) is 40.7. The molecule has 3 nitrogen and oxygen atoms in total. The first kappa shape index (κ1) is 12.9. The summed E-state index contributed by atoms with van der Waals surface area (Å²) in [6.07, 6.45) is 0. The van der Waals surface area contributed by atoms with E-state index in [1.807, 2.05) is 0 Å². The smallest absolute Gasteiger partial charge is 0.0439 e. The molecule has 64 valence electrons. The van der Waals surface area contributed by atoms with Crippen LogP contribution >= 0.6 is 0 Å². The summed E-state index contributed by atoms with van der Waals surface area (Å²) in [6, 6.07) is 1.41. The second-order valence-corrected chi connectivity index (χ2v) is 9.52. The van der Waals surface area contributed by atoms with Crippen molar-refractivity contribution in [3.8, 4) is 0 Å². The highest BCUT2D eigenvalue weighted by molar-refractivity contribution is 7.76. The Kier molecular flexibility index (Phi) is 7.79. The summed E-state index contributed by atoms with van der Waals surface area (Å²) in [5.74, 6) is 0. The molecule has 0 aromatic heterocycles. The first-order valence-electron chi connectivity index (χ1n) is 3.13. The third-order valence-corrected chi connectivity index (χ3v) is 3.18. The molecule has 0 rings (SSSR count). The highest BCUT2D eigenvalue weighted by Gasteiger charge is 2.06. The molecule has 0 amide bonds. The maximum absolute atomic E-state index is 8.78. The molecule has 0 aliphatic carbocycles. The van der Waals surface area contributed by atoms with Gasteiger partial charge in [0.2, 0.25) is 0 Å². The lowest BCUT2D eigenvalue weighted by Crippen LogP contribution is -2.16. The summed E-state index contributed by atoms with van der Waals surface area (Å²) >= 11 is -2.36. The van der Waals surface area contributed by atoms with Gasteiger partial charge in [0.1, 0.15) is 0 Å². The van der Waals surface area contributed by atoms with Crippen molar-refractivity contribution in [2.75, 3.05) is 0 Å². The van der Waals surface area contributed by atoms with Crippen LogP contribution in [-0.4, -0.2) is 16.8 Å². The Labute approximate surface area is 66.4 Å². The Morgan fingerprint density at radius 2 is 1.60 bits per heavy atom. The summed E-state index contributed by atoms with van der Waals surface area (Å²) in [7, 11) is -0.631. The van der Waals surface area contributed by atoms with E-state index in [1.54, 1.807) is 0 Å². The van der Waals surface area contributed by atoms with Crippen LogP contribution < -0.4 is 5.14 Å². The summed E-state index contributed by atoms with van der Waals surface area (Å²) in [5, 5.41) is 4.03. The van der Waals surface area contributed by atoms with Crippen molar-refractivity contribution >= 4 is 19.3 Å². The quantitative estimate of drug-likeness (QED) is 0.487. The van der Waals surface area contributed by atoms with Gasteiger partial charge >= 0.3 is 0 Å². The Hall–Kier alpha value is 0.287. The molecule has 0 spiro atoms. The number of rotatable bonds is 1. The van der Waals surface area contributed by atoms with Gasteiger partial charge in [0.25, 0.3) is 0 Å². The maximum atomic E-state index is 8.78. The van der Waals surface area contributed by atoms with Crippen LogP contribution in [0.25, 0.3) is 0 Å². The Morgan fingerprint density at radius 1 is 1.50 bits per heavy atom. The lowest BCUT2D eigenvalue weighted by Gasteiger charge is -2.09. The average Bonchev–Trinajstić information content (AvgIpc) is 1.63. The van der Waals surface area contributed by atoms with E-state index in [4.69, 9.17) is 8.76 Å². The van der Waals surface area contributed by atoms with Gasteiger partial charge < -0.3 is 4.55 Å². The largest absolute Gasteiger partial charge is 0.760 e. The third-order valence-electron chi connectivity index (χ3n) is 1.06. The van der Waals surface area contributed by atoms with Gasteiger partial charge in [-0.15, -0.1) is 0 Å². The molecule has 1 unspecified atom stereocenters. The van der Waals surface area contributed by atoms with E-state index in [-0.39, 0.29) is 0 Å². The van der Waals surface area contributed by atoms with Crippen molar-refractivity contribution in [1.82, 2.24) is 0 Å². The Balaban J connectivity index is 0. The molecule has 0 fully saturated rings. The van der Waals surface area contributed by atoms with Crippen LogP contribution in [0.5, 0.6) is 0 Å². The van der Waals surface area contributed by atoms with E-state index in [0.717, 1.165) is 0 Å². The molecule has 0 heterocycles. The lowest BCUT2D eigenvalue weighted by atomic mass is 11.0. The molecule has 0 aromatic carbocycles. The molecule has 0 radical (unpaired) electrons. The van der Waals surface area contributed by atoms with Crippen molar-refractivity contribution in [2.24, 2.45) is 5.14 Å². The molecular formula is C5H16NO2SSi-. The standard InChI is InChI=1S/C5H14Si.H3NO2S/c1-5-6(2,3)4;1-4(2)3/h5H2,1-4H3;1H2,(H,2,3)/p-1. The molecule has 5 heteroatoms. The van der Waals surface area contributed by atoms with Crippen molar-refractivity contribution < 1.29 is 8.76 Å². The number of hydrogen-bond acceptors (Lipinski definition) is 2. The van der Waals surface area contributed by atoms with E-state index >= 15 is 0 Å². The number of nitrogens with two attached hydrogens (primary N) is 1. The number of hydrogen-bond donors (Lipinski definition) is 1. The predicted molar refractivity (Wildman–Crippen MR) is 46.9 cm³/mol. The second kappa shape index (κ2) is 6.03. The zero-order chi connectivity index (χ0) is 8.78. The van der Waals surface area contributed by atoms with Crippen molar-refractivity contribution in [1.29, 1.82) is 0 Å². The summed E-state index contributed by atoms with van der Waals surface area (Å²) in [4.78, 5) is 0. The molecule has 0 aliphatic rings. The molecule has 0 bridgehead atoms. The minimum absolute atomic E-state index is 0.631. The normalized spacial score (nSPS) is 13.4. The zero-order valence-corrected chi connectivity index (χ0v) is 8.83. The highest BCUT2D eigenvalue weighted by Crippen LogP contribution is 2.04.